The van der Waals surface area contributed by atoms with Gasteiger partial charge in [0.1, 0.15) is 5.69 Å². The van der Waals surface area contributed by atoms with Gasteiger partial charge in [-0.3, -0.25) is 14.3 Å². The van der Waals surface area contributed by atoms with Crippen LogP contribution in [0, 0.1) is 10.1 Å². The van der Waals surface area contributed by atoms with E-state index < -0.39 is 14.7 Å². The maximum absolute atomic E-state index is 11.3. The molecule has 0 aromatic heterocycles. The van der Waals surface area contributed by atoms with Crippen molar-refractivity contribution < 1.29 is 9.13 Å². The molecule has 100 valence electrons. The Morgan fingerprint density at radius 3 is 2.72 bits per heavy atom. The number of rotatable bonds is 5. The SMILES string of the molecule is CS(C)(=O)=NCCNc1ccc(Cl)cc1[N+](=O)[O-]. The zero-order valence-electron chi connectivity index (χ0n) is 10.1. The van der Waals surface area contributed by atoms with E-state index in [0.29, 0.717) is 23.8 Å². The van der Waals surface area contributed by atoms with Crippen LogP contribution in [0.5, 0.6) is 0 Å². The Morgan fingerprint density at radius 2 is 2.17 bits per heavy atom. The van der Waals surface area contributed by atoms with Gasteiger partial charge in [-0.15, -0.1) is 0 Å². The van der Waals surface area contributed by atoms with Crippen molar-refractivity contribution in [2.75, 3.05) is 30.9 Å². The van der Waals surface area contributed by atoms with Crippen LogP contribution in [0.3, 0.4) is 0 Å². The third-order valence-corrected chi connectivity index (χ3v) is 3.03. The van der Waals surface area contributed by atoms with Gasteiger partial charge in [-0.05, 0) is 12.1 Å². The Balaban J connectivity index is 2.74. The van der Waals surface area contributed by atoms with Crippen molar-refractivity contribution in [1.82, 2.24) is 0 Å². The molecular formula is C10H14ClN3O3S. The molecule has 0 aliphatic heterocycles. The second kappa shape index (κ2) is 6.01. The van der Waals surface area contributed by atoms with Crippen molar-refractivity contribution in [3.63, 3.8) is 0 Å². The molecule has 0 saturated carbocycles. The Hall–Kier alpha value is -1.34. The molecule has 0 radical (unpaired) electrons. The summed E-state index contributed by atoms with van der Waals surface area (Å²) in [6.45, 7) is 0.701. The average Bonchev–Trinajstić information content (AvgIpc) is 2.24. The number of nitrogens with one attached hydrogen (secondary N) is 1. The van der Waals surface area contributed by atoms with Gasteiger partial charge < -0.3 is 5.32 Å². The molecule has 0 saturated heterocycles. The minimum absolute atomic E-state index is 0.0868. The molecule has 1 rings (SSSR count). The molecule has 0 aliphatic carbocycles. The van der Waals surface area contributed by atoms with E-state index in [-0.39, 0.29) is 5.69 Å². The van der Waals surface area contributed by atoms with Gasteiger partial charge in [0, 0.05) is 39.9 Å². The van der Waals surface area contributed by atoms with E-state index in [4.69, 9.17) is 11.6 Å². The van der Waals surface area contributed by atoms with Crippen molar-refractivity contribution in [2.45, 2.75) is 0 Å². The number of halogens is 1. The van der Waals surface area contributed by atoms with Crippen LogP contribution < -0.4 is 5.32 Å². The van der Waals surface area contributed by atoms with Crippen molar-refractivity contribution in [3.8, 4) is 0 Å². The highest BCUT2D eigenvalue weighted by atomic mass is 35.5. The second-order valence-electron chi connectivity index (χ2n) is 3.88. The highest BCUT2D eigenvalue weighted by Gasteiger charge is 2.13. The van der Waals surface area contributed by atoms with Crippen LogP contribution in [-0.2, 0) is 9.73 Å². The molecule has 0 bridgehead atoms. The van der Waals surface area contributed by atoms with Crippen LogP contribution in [-0.4, -0.2) is 34.7 Å². The molecule has 0 unspecified atom stereocenters. The lowest BCUT2D eigenvalue weighted by Gasteiger charge is -2.06. The Bertz CT molecular complexity index is 559. The lowest BCUT2D eigenvalue weighted by molar-refractivity contribution is -0.383. The number of anilines is 1. The fourth-order valence-corrected chi connectivity index (χ4v) is 1.96. The first-order valence-corrected chi connectivity index (χ1v) is 7.81. The quantitative estimate of drug-likeness (QED) is 0.513. The highest BCUT2D eigenvalue weighted by Crippen LogP contribution is 2.27. The fourth-order valence-electron chi connectivity index (χ4n) is 1.26. The Labute approximate surface area is 111 Å². The van der Waals surface area contributed by atoms with Gasteiger partial charge in [0.25, 0.3) is 5.69 Å². The molecule has 6 nitrogen and oxygen atoms in total. The van der Waals surface area contributed by atoms with Gasteiger partial charge in [0.15, 0.2) is 0 Å². The summed E-state index contributed by atoms with van der Waals surface area (Å²) in [5.74, 6) is 0. The minimum Gasteiger partial charge on any atom is -0.378 e. The van der Waals surface area contributed by atoms with Gasteiger partial charge >= 0.3 is 0 Å². The highest BCUT2D eigenvalue weighted by molar-refractivity contribution is 7.92. The van der Waals surface area contributed by atoms with E-state index in [1.54, 1.807) is 6.07 Å². The van der Waals surface area contributed by atoms with Crippen LogP contribution in [0.4, 0.5) is 11.4 Å². The summed E-state index contributed by atoms with van der Waals surface area (Å²) in [5, 5.41) is 14.0. The average molecular weight is 292 g/mol. The summed E-state index contributed by atoms with van der Waals surface area (Å²) in [7, 11) is -2.13. The van der Waals surface area contributed by atoms with Crippen LogP contribution in [0.15, 0.2) is 22.6 Å². The normalized spacial score (nSPS) is 11.1. The summed E-state index contributed by atoms with van der Waals surface area (Å²) in [5.41, 5.74) is 0.287. The van der Waals surface area contributed by atoms with E-state index >= 15 is 0 Å². The van der Waals surface area contributed by atoms with Crippen LogP contribution >= 0.6 is 11.6 Å². The molecule has 0 spiro atoms. The van der Waals surface area contributed by atoms with E-state index in [1.165, 1.54) is 24.6 Å². The maximum atomic E-state index is 11.3. The minimum atomic E-state index is -2.13. The molecule has 1 aromatic carbocycles. The van der Waals surface area contributed by atoms with Crippen molar-refractivity contribution in [3.05, 3.63) is 33.3 Å². The molecule has 0 heterocycles. The lowest BCUT2D eigenvalue weighted by Crippen LogP contribution is -2.08. The number of nitro benzene ring substituents is 1. The summed E-state index contributed by atoms with van der Waals surface area (Å²) in [6.07, 6.45) is 3.08. The summed E-state index contributed by atoms with van der Waals surface area (Å²) in [6, 6.07) is 4.39. The van der Waals surface area contributed by atoms with E-state index in [2.05, 4.69) is 9.68 Å². The van der Waals surface area contributed by atoms with Gasteiger partial charge in [-0.25, -0.2) is 4.36 Å². The predicted molar refractivity (Wildman–Crippen MR) is 73.9 cm³/mol. The number of hydrogen-bond acceptors (Lipinski definition) is 5. The zero-order valence-corrected chi connectivity index (χ0v) is 11.6. The second-order valence-corrected chi connectivity index (χ2v) is 6.94. The molecule has 0 aliphatic rings. The first-order chi connectivity index (χ1) is 8.29. The van der Waals surface area contributed by atoms with Gasteiger partial charge in [-0.1, -0.05) is 11.6 Å². The topological polar surface area (TPSA) is 84.6 Å². The summed E-state index contributed by atoms with van der Waals surface area (Å²) in [4.78, 5) is 10.3. The molecule has 1 aromatic rings. The van der Waals surface area contributed by atoms with E-state index in [9.17, 15) is 14.3 Å². The lowest BCUT2D eigenvalue weighted by atomic mass is 10.2. The smallest absolute Gasteiger partial charge is 0.293 e. The molecule has 18 heavy (non-hydrogen) atoms. The largest absolute Gasteiger partial charge is 0.378 e. The van der Waals surface area contributed by atoms with Crippen LogP contribution in [0.2, 0.25) is 5.02 Å². The van der Waals surface area contributed by atoms with Crippen LogP contribution in [0.1, 0.15) is 0 Å². The molecule has 0 fully saturated rings. The third kappa shape index (κ3) is 4.89. The number of nitrogens with zero attached hydrogens (tertiary/aromatic N) is 2. The first-order valence-electron chi connectivity index (χ1n) is 5.10. The monoisotopic (exact) mass is 291 g/mol. The van der Waals surface area contributed by atoms with Gasteiger partial charge in [0.2, 0.25) is 0 Å². The van der Waals surface area contributed by atoms with Crippen molar-refractivity contribution >= 4 is 32.7 Å². The van der Waals surface area contributed by atoms with Crippen LogP contribution in [0.25, 0.3) is 0 Å². The Morgan fingerprint density at radius 1 is 1.50 bits per heavy atom. The van der Waals surface area contributed by atoms with E-state index in [0.717, 1.165) is 0 Å². The molecule has 0 atom stereocenters. The third-order valence-electron chi connectivity index (χ3n) is 1.99. The molecular weight excluding hydrogens is 278 g/mol. The maximum Gasteiger partial charge on any atom is 0.293 e. The summed E-state index contributed by atoms with van der Waals surface area (Å²) < 4.78 is 15.2. The number of hydrogen-bond donors (Lipinski definition) is 1. The van der Waals surface area contributed by atoms with E-state index in [1.807, 2.05) is 0 Å². The number of benzene rings is 1. The van der Waals surface area contributed by atoms with Crippen molar-refractivity contribution in [2.24, 2.45) is 4.36 Å². The zero-order chi connectivity index (χ0) is 13.8. The predicted octanol–water partition coefficient (Wildman–Crippen LogP) is 2.39. The first kappa shape index (κ1) is 14.7. The number of nitro groups is 1. The Kier molecular flexibility index (Phi) is 4.92. The van der Waals surface area contributed by atoms with Crippen molar-refractivity contribution in [1.29, 1.82) is 0 Å². The molecule has 8 heteroatoms. The summed E-state index contributed by atoms with van der Waals surface area (Å²) >= 11 is 5.69. The standard InChI is InChI=1S/C10H14ClN3O3S/c1-18(2,17)13-6-5-12-9-4-3-8(11)7-10(9)14(15)16/h3-4,7,12H,5-6H2,1-2H3. The van der Waals surface area contributed by atoms with Gasteiger partial charge in [0.05, 0.1) is 11.5 Å². The van der Waals surface area contributed by atoms with Gasteiger partial charge in [-0.2, -0.15) is 0 Å². The molecule has 0 amide bonds. The molecule has 1 N–H and O–H groups in total. The fraction of sp³-hybridized carbons (Fsp3) is 0.400.